The molecule has 0 spiro atoms. The van der Waals surface area contributed by atoms with Crippen LogP contribution >= 0.6 is 11.3 Å². The summed E-state index contributed by atoms with van der Waals surface area (Å²) in [4.78, 5) is 5.51. The quantitative estimate of drug-likeness (QED) is 0.630. The highest BCUT2D eigenvalue weighted by Gasteiger charge is 2.00. The Kier molecular flexibility index (Phi) is 1.74. The fourth-order valence-electron chi connectivity index (χ4n) is 1.71. The summed E-state index contributed by atoms with van der Waals surface area (Å²) >= 11 is 1.78. The van der Waals surface area contributed by atoms with Crippen LogP contribution in [-0.2, 0) is 0 Å². The van der Waals surface area contributed by atoms with E-state index in [4.69, 9.17) is 0 Å². The maximum Gasteiger partial charge on any atom is 0.124 e. The van der Waals surface area contributed by atoms with Gasteiger partial charge in [0.15, 0.2) is 0 Å². The van der Waals surface area contributed by atoms with Gasteiger partial charge in [-0.1, -0.05) is 24.3 Å². The second kappa shape index (κ2) is 3.07. The van der Waals surface area contributed by atoms with E-state index in [0.29, 0.717) is 0 Å². The Labute approximate surface area is 85.7 Å². The summed E-state index contributed by atoms with van der Waals surface area (Å²) in [5.74, 6) is 0. The van der Waals surface area contributed by atoms with Gasteiger partial charge < -0.3 is 0 Å². The normalized spacial score (nSPS) is 14.3. The summed E-state index contributed by atoms with van der Waals surface area (Å²) in [5.41, 5.74) is 0. The lowest BCUT2D eigenvalue weighted by Gasteiger charge is -1.84. The minimum absolute atomic E-state index is 1.02. The number of allylic oxidation sites excluding steroid dienone is 2. The molecule has 0 unspecified atom stereocenters. The van der Waals surface area contributed by atoms with E-state index >= 15 is 0 Å². The van der Waals surface area contributed by atoms with Crippen LogP contribution in [0.15, 0.2) is 30.5 Å². The molecule has 0 saturated heterocycles. The number of hydrogen-bond acceptors (Lipinski definition) is 2. The van der Waals surface area contributed by atoms with E-state index in [0.717, 1.165) is 11.3 Å². The zero-order valence-corrected chi connectivity index (χ0v) is 8.42. The van der Waals surface area contributed by atoms with Crippen molar-refractivity contribution in [2.24, 2.45) is 0 Å². The van der Waals surface area contributed by atoms with Crippen molar-refractivity contribution < 1.29 is 0 Å². The van der Waals surface area contributed by atoms with Crippen molar-refractivity contribution >= 4 is 33.7 Å². The maximum atomic E-state index is 4.37. The Balaban J connectivity index is 2.59. The van der Waals surface area contributed by atoms with Crippen LogP contribution in [-0.4, -0.2) is 4.98 Å². The molecule has 0 aromatic carbocycles. The standard InChI is InChI=1S/C12H9NS/c1-2-5-9-10-6-4-8-13-12(10)14-11(9)7-3-1/h1-2,4-8H,3H2. The van der Waals surface area contributed by atoms with E-state index in [1.165, 1.54) is 15.1 Å². The van der Waals surface area contributed by atoms with E-state index in [9.17, 15) is 0 Å². The van der Waals surface area contributed by atoms with E-state index in [2.05, 4.69) is 35.4 Å². The number of nitrogens with zero attached hydrogens (tertiary/aromatic N) is 1. The molecule has 2 heterocycles. The molecule has 0 fully saturated rings. The van der Waals surface area contributed by atoms with Crippen molar-refractivity contribution in [3.63, 3.8) is 0 Å². The molecule has 1 nitrogen and oxygen atoms in total. The summed E-state index contributed by atoms with van der Waals surface area (Å²) < 4.78 is 1.35. The lowest BCUT2D eigenvalue weighted by Crippen LogP contribution is -2.17. The molecule has 0 atom stereocenters. The van der Waals surface area contributed by atoms with Gasteiger partial charge in [0.05, 0.1) is 0 Å². The SMILES string of the molecule is C1=CCC=c2sc3ncccc3c2=C1. The van der Waals surface area contributed by atoms with Crippen molar-refractivity contribution in [2.45, 2.75) is 6.42 Å². The van der Waals surface area contributed by atoms with Gasteiger partial charge in [0.2, 0.25) is 0 Å². The molecule has 0 saturated carbocycles. The molecule has 3 rings (SSSR count). The van der Waals surface area contributed by atoms with Gasteiger partial charge in [0.1, 0.15) is 4.83 Å². The van der Waals surface area contributed by atoms with Crippen molar-refractivity contribution in [3.05, 3.63) is 40.2 Å². The number of hydrogen-bond donors (Lipinski definition) is 0. The maximum absolute atomic E-state index is 4.37. The van der Waals surface area contributed by atoms with E-state index in [1.54, 1.807) is 11.3 Å². The van der Waals surface area contributed by atoms with Crippen molar-refractivity contribution in [1.29, 1.82) is 0 Å². The van der Waals surface area contributed by atoms with Crippen LogP contribution in [0.25, 0.3) is 22.4 Å². The smallest absolute Gasteiger partial charge is 0.124 e. The number of thiophene rings is 1. The van der Waals surface area contributed by atoms with Crippen LogP contribution in [0.1, 0.15) is 6.42 Å². The molecule has 0 bridgehead atoms. The Morgan fingerprint density at radius 2 is 2.36 bits per heavy atom. The number of pyridine rings is 1. The molecule has 0 aliphatic heterocycles. The van der Waals surface area contributed by atoms with Gasteiger partial charge in [-0.05, 0) is 18.6 Å². The predicted molar refractivity (Wildman–Crippen MR) is 61.6 cm³/mol. The minimum Gasteiger partial charge on any atom is -0.245 e. The molecular weight excluding hydrogens is 190 g/mol. The molecule has 68 valence electrons. The Bertz CT molecular complexity index is 619. The second-order valence-electron chi connectivity index (χ2n) is 3.27. The molecule has 0 N–H and O–H groups in total. The van der Waals surface area contributed by atoms with Crippen molar-refractivity contribution in [3.8, 4) is 0 Å². The fourth-order valence-corrected chi connectivity index (χ4v) is 2.79. The molecule has 1 aliphatic carbocycles. The van der Waals surface area contributed by atoms with Crippen LogP contribution in [0.4, 0.5) is 0 Å². The predicted octanol–water partition coefficient (Wildman–Crippen LogP) is 1.82. The lowest BCUT2D eigenvalue weighted by molar-refractivity contribution is 1.44. The number of fused-ring (bicyclic) bond motifs is 3. The monoisotopic (exact) mass is 199 g/mol. The first-order valence-corrected chi connectivity index (χ1v) is 5.47. The Hall–Kier alpha value is -1.41. The van der Waals surface area contributed by atoms with Gasteiger partial charge >= 0.3 is 0 Å². The van der Waals surface area contributed by atoms with Gasteiger partial charge in [-0.25, -0.2) is 4.98 Å². The van der Waals surface area contributed by atoms with E-state index < -0.39 is 0 Å². The molecule has 1 aliphatic rings. The average molecular weight is 199 g/mol. The summed E-state index contributed by atoms with van der Waals surface area (Å²) in [6.45, 7) is 0. The third-order valence-electron chi connectivity index (χ3n) is 2.37. The molecular formula is C12H9NS. The first-order chi connectivity index (χ1) is 6.95. The summed E-state index contributed by atoms with van der Waals surface area (Å²) in [5, 5.41) is 2.60. The van der Waals surface area contributed by atoms with Gasteiger partial charge in [0.25, 0.3) is 0 Å². The zero-order valence-electron chi connectivity index (χ0n) is 7.60. The topological polar surface area (TPSA) is 12.9 Å². The van der Waals surface area contributed by atoms with Crippen LogP contribution in [0, 0.1) is 0 Å². The average Bonchev–Trinajstić information content (AvgIpc) is 2.42. The number of aromatic nitrogens is 1. The molecule has 2 heteroatoms. The first kappa shape index (κ1) is 7.94. The van der Waals surface area contributed by atoms with Crippen molar-refractivity contribution in [1.82, 2.24) is 4.98 Å². The highest BCUT2D eigenvalue weighted by molar-refractivity contribution is 7.16. The molecule has 0 radical (unpaired) electrons. The number of rotatable bonds is 0. The zero-order chi connectivity index (χ0) is 9.38. The first-order valence-electron chi connectivity index (χ1n) is 4.66. The fraction of sp³-hybridized carbons (Fsp3) is 0.0833. The van der Waals surface area contributed by atoms with E-state index in [-0.39, 0.29) is 0 Å². The van der Waals surface area contributed by atoms with E-state index in [1.807, 2.05) is 12.3 Å². The highest BCUT2D eigenvalue weighted by atomic mass is 32.1. The summed E-state index contributed by atoms with van der Waals surface area (Å²) in [6.07, 6.45) is 11.6. The molecule has 14 heavy (non-hydrogen) atoms. The van der Waals surface area contributed by atoms with Crippen LogP contribution in [0.2, 0.25) is 0 Å². The van der Waals surface area contributed by atoms with Gasteiger partial charge in [0, 0.05) is 21.3 Å². The Morgan fingerprint density at radius 1 is 1.36 bits per heavy atom. The van der Waals surface area contributed by atoms with Crippen LogP contribution in [0.3, 0.4) is 0 Å². The third kappa shape index (κ3) is 1.11. The van der Waals surface area contributed by atoms with Crippen molar-refractivity contribution in [2.75, 3.05) is 0 Å². The minimum atomic E-state index is 1.02. The van der Waals surface area contributed by atoms with Gasteiger partial charge in [-0.3, -0.25) is 0 Å². The largest absolute Gasteiger partial charge is 0.245 e. The third-order valence-corrected chi connectivity index (χ3v) is 3.50. The molecule has 0 amide bonds. The van der Waals surface area contributed by atoms with Crippen LogP contribution in [0.5, 0.6) is 0 Å². The highest BCUT2D eigenvalue weighted by Crippen LogP contribution is 2.09. The lowest BCUT2D eigenvalue weighted by atomic mass is 10.2. The summed E-state index contributed by atoms with van der Waals surface area (Å²) in [6, 6.07) is 4.14. The van der Waals surface area contributed by atoms with Crippen LogP contribution < -0.4 is 9.75 Å². The van der Waals surface area contributed by atoms with Gasteiger partial charge in [-0.15, -0.1) is 11.3 Å². The molecule has 2 aromatic heterocycles. The van der Waals surface area contributed by atoms with Gasteiger partial charge in [-0.2, -0.15) is 0 Å². The summed E-state index contributed by atoms with van der Waals surface area (Å²) in [7, 11) is 0. The Morgan fingerprint density at radius 3 is 3.36 bits per heavy atom. The second-order valence-corrected chi connectivity index (χ2v) is 4.30. The molecule has 2 aromatic rings.